The number of fused-ring (bicyclic) bond motifs is 1. The minimum Gasteiger partial charge on any atom is -0.310 e. The third-order valence-electron chi connectivity index (χ3n) is 3.69. The van der Waals surface area contributed by atoms with E-state index in [1.807, 2.05) is 0 Å². The highest BCUT2D eigenvalue weighted by Crippen LogP contribution is 2.61. The van der Waals surface area contributed by atoms with E-state index in [0.717, 1.165) is 12.1 Å². The molecule has 0 amide bonds. The van der Waals surface area contributed by atoms with Crippen molar-refractivity contribution >= 4 is 0 Å². The van der Waals surface area contributed by atoms with Crippen LogP contribution in [0.3, 0.4) is 0 Å². The molecule has 3 rings (SSSR count). The number of hydrogen-bond donors (Lipinski definition) is 0. The lowest BCUT2D eigenvalue weighted by Gasteiger charge is -2.33. The SMILES string of the molecule is C[N+]12CC3CCC1C32. The lowest BCUT2D eigenvalue weighted by molar-refractivity contribution is -0.856. The van der Waals surface area contributed by atoms with Gasteiger partial charge in [0.25, 0.3) is 0 Å². The standard InChI is InChI=1S/C7H12N/c1-8-4-5-2-3-6(8)7(5)8/h5-7H,2-4H2,1H3/q+1. The maximum absolute atomic E-state index is 2.42. The molecule has 2 heterocycles. The Kier molecular flexibility index (Phi) is 0.372. The molecule has 3 aliphatic rings. The summed E-state index contributed by atoms with van der Waals surface area (Å²) in [6.45, 7) is 1.52. The van der Waals surface area contributed by atoms with E-state index in [9.17, 15) is 0 Å². The molecule has 4 atom stereocenters. The van der Waals surface area contributed by atoms with Crippen molar-refractivity contribution in [1.82, 2.24) is 0 Å². The summed E-state index contributed by atoms with van der Waals surface area (Å²) in [5.74, 6) is 1.17. The predicted molar refractivity (Wildman–Crippen MR) is 31.4 cm³/mol. The Morgan fingerprint density at radius 1 is 1.38 bits per heavy atom. The molecule has 2 aliphatic heterocycles. The zero-order chi connectivity index (χ0) is 5.35. The van der Waals surface area contributed by atoms with Crippen molar-refractivity contribution in [3.63, 3.8) is 0 Å². The molecule has 8 heavy (non-hydrogen) atoms. The van der Waals surface area contributed by atoms with Crippen LogP contribution in [-0.4, -0.2) is 30.2 Å². The molecular formula is C7H12N+. The van der Waals surface area contributed by atoms with Gasteiger partial charge in [-0.3, -0.25) is 0 Å². The Morgan fingerprint density at radius 3 is 2.50 bits per heavy atom. The summed E-state index contributed by atoms with van der Waals surface area (Å²) in [4.78, 5) is 0. The van der Waals surface area contributed by atoms with Crippen molar-refractivity contribution in [2.24, 2.45) is 5.92 Å². The molecule has 0 aromatic heterocycles. The number of piperidine rings is 2. The second kappa shape index (κ2) is 0.766. The Labute approximate surface area is 49.9 Å². The molecule has 0 aromatic rings. The van der Waals surface area contributed by atoms with Crippen LogP contribution in [0.1, 0.15) is 12.8 Å². The van der Waals surface area contributed by atoms with Gasteiger partial charge in [0.15, 0.2) is 0 Å². The number of quaternary nitrogens is 1. The minimum absolute atomic E-state index is 1.14. The first-order valence-corrected chi connectivity index (χ1v) is 3.67. The lowest BCUT2D eigenvalue weighted by atomic mass is 9.99. The molecule has 0 bridgehead atoms. The first-order valence-electron chi connectivity index (χ1n) is 3.67. The van der Waals surface area contributed by atoms with Crippen LogP contribution in [0.15, 0.2) is 0 Å². The first kappa shape index (κ1) is 3.89. The maximum Gasteiger partial charge on any atom is 0.150 e. The molecule has 1 aliphatic carbocycles. The fraction of sp³-hybridized carbons (Fsp3) is 1.00. The lowest BCUT2D eigenvalue weighted by Crippen LogP contribution is -2.46. The van der Waals surface area contributed by atoms with Crippen molar-refractivity contribution in [3.05, 3.63) is 0 Å². The van der Waals surface area contributed by atoms with E-state index in [-0.39, 0.29) is 0 Å². The summed E-state index contributed by atoms with van der Waals surface area (Å²) in [5, 5.41) is 0. The molecule has 4 unspecified atom stereocenters. The quantitative estimate of drug-likeness (QED) is 0.316. The van der Waals surface area contributed by atoms with Crippen LogP contribution < -0.4 is 0 Å². The van der Waals surface area contributed by atoms with Gasteiger partial charge in [-0.15, -0.1) is 0 Å². The van der Waals surface area contributed by atoms with E-state index < -0.39 is 0 Å². The van der Waals surface area contributed by atoms with E-state index in [1.165, 1.54) is 16.9 Å². The molecule has 2 saturated heterocycles. The molecule has 44 valence electrons. The number of nitrogens with zero attached hydrogens (tertiary/aromatic N) is 1. The Hall–Kier alpha value is -0.0400. The third-order valence-corrected chi connectivity index (χ3v) is 3.69. The highest BCUT2D eigenvalue weighted by Gasteiger charge is 2.78. The Bertz CT molecular complexity index is 148. The van der Waals surface area contributed by atoms with Gasteiger partial charge in [-0.1, -0.05) is 0 Å². The number of rotatable bonds is 0. The molecule has 0 N–H and O–H groups in total. The molecule has 0 aromatic carbocycles. The molecule has 0 radical (unpaired) electrons. The van der Waals surface area contributed by atoms with Gasteiger partial charge in [0.1, 0.15) is 12.1 Å². The molecule has 1 saturated carbocycles. The van der Waals surface area contributed by atoms with Gasteiger partial charge in [-0.2, -0.15) is 0 Å². The van der Waals surface area contributed by atoms with Gasteiger partial charge < -0.3 is 4.48 Å². The highest BCUT2D eigenvalue weighted by molar-refractivity contribution is 5.06. The van der Waals surface area contributed by atoms with Gasteiger partial charge in [-0.05, 0) is 6.42 Å². The van der Waals surface area contributed by atoms with E-state index in [0.29, 0.717) is 0 Å². The van der Waals surface area contributed by atoms with Gasteiger partial charge in [-0.25, -0.2) is 0 Å². The van der Waals surface area contributed by atoms with Crippen LogP contribution in [0, 0.1) is 5.92 Å². The fourth-order valence-electron chi connectivity index (χ4n) is 3.25. The summed E-state index contributed by atoms with van der Waals surface area (Å²) in [6, 6.07) is 2.30. The molecule has 1 nitrogen and oxygen atoms in total. The van der Waals surface area contributed by atoms with Crippen molar-refractivity contribution in [2.75, 3.05) is 13.6 Å². The summed E-state index contributed by atoms with van der Waals surface area (Å²) in [6.07, 6.45) is 3.11. The van der Waals surface area contributed by atoms with Crippen LogP contribution in [0.2, 0.25) is 0 Å². The van der Waals surface area contributed by atoms with E-state index in [4.69, 9.17) is 0 Å². The zero-order valence-corrected chi connectivity index (χ0v) is 5.30. The normalized spacial score (nSPS) is 73.9. The van der Waals surface area contributed by atoms with Gasteiger partial charge in [0.2, 0.25) is 0 Å². The molecule has 3 fully saturated rings. The maximum atomic E-state index is 2.42. The summed E-state index contributed by atoms with van der Waals surface area (Å²) in [5.41, 5.74) is 0. The number of likely N-dealkylation sites (N-methyl/N-ethyl adjacent to an activating group) is 1. The number of hydrogen-bond acceptors (Lipinski definition) is 0. The van der Waals surface area contributed by atoms with Gasteiger partial charge in [0.05, 0.1) is 19.5 Å². The third kappa shape index (κ3) is 0.188. The topological polar surface area (TPSA) is 0 Å². The molecule has 0 spiro atoms. The zero-order valence-electron chi connectivity index (χ0n) is 5.30. The Balaban J connectivity index is 2.05. The van der Waals surface area contributed by atoms with Crippen LogP contribution in [-0.2, 0) is 0 Å². The van der Waals surface area contributed by atoms with Crippen molar-refractivity contribution < 1.29 is 4.48 Å². The minimum atomic E-state index is 1.14. The second-order valence-electron chi connectivity index (χ2n) is 3.92. The van der Waals surface area contributed by atoms with E-state index >= 15 is 0 Å². The van der Waals surface area contributed by atoms with Crippen LogP contribution in [0.4, 0.5) is 0 Å². The summed E-state index contributed by atoms with van der Waals surface area (Å²) >= 11 is 0. The molecular weight excluding hydrogens is 98.1 g/mol. The van der Waals surface area contributed by atoms with Crippen LogP contribution in [0.25, 0.3) is 0 Å². The van der Waals surface area contributed by atoms with Gasteiger partial charge in [0, 0.05) is 6.42 Å². The van der Waals surface area contributed by atoms with Crippen molar-refractivity contribution in [3.8, 4) is 0 Å². The summed E-state index contributed by atoms with van der Waals surface area (Å²) in [7, 11) is 2.42. The molecule has 1 heteroatoms. The first-order chi connectivity index (χ1) is 3.82. The van der Waals surface area contributed by atoms with Crippen LogP contribution in [0.5, 0.6) is 0 Å². The largest absolute Gasteiger partial charge is 0.310 e. The fourth-order valence-corrected chi connectivity index (χ4v) is 3.25. The van der Waals surface area contributed by atoms with Crippen LogP contribution >= 0.6 is 0 Å². The average Bonchev–Trinajstić information content (AvgIpc) is 2.15. The highest BCUT2D eigenvalue weighted by atomic mass is 15.6. The smallest absolute Gasteiger partial charge is 0.150 e. The Morgan fingerprint density at radius 2 is 2.25 bits per heavy atom. The predicted octanol–water partition coefficient (Wildman–Crippen LogP) is 0.607. The average molecular weight is 110 g/mol. The summed E-state index contributed by atoms with van der Waals surface area (Å²) < 4.78 is 1.48. The van der Waals surface area contributed by atoms with Crippen molar-refractivity contribution in [2.45, 2.75) is 24.9 Å². The van der Waals surface area contributed by atoms with E-state index in [1.54, 1.807) is 12.8 Å². The monoisotopic (exact) mass is 110 g/mol. The second-order valence-corrected chi connectivity index (χ2v) is 3.92. The van der Waals surface area contributed by atoms with E-state index in [2.05, 4.69) is 7.05 Å². The van der Waals surface area contributed by atoms with Gasteiger partial charge >= 0.3 is 0 Å². The van der Waals surface area contributed by atoms with Crippen molar-refractivity contribution in [1.29, 1.82) is 0 Å².